The van der Waals surface area contributed by atoms with E-state index in [1.807, 2.05) is 24.3 Å². The predicted octanol–water partition coefficient (Wildman–Crippen LogP) is 3.30. The summed E-state index contributed by atoms with van der Waals surface area (Å²) in [5.74, 6) is 0.495. The molecule has 0 aliphatic carbocycles. The Morgan fingerprint density at radius 2 is 2.00 bits per heavy atom. The summed E-state index contributed by atoms with van der Waals surface area (Å²) in [6, 6.07) is 7.67. The van der Waals surface area contributed by atoms with Crippen LogP contribution < -0.4 is 0 Å². The summed E-state index contributed by atoms with van der Waals surface area (Å²) in [5, 5.41) is 17.1. The molecule has 14 heavy (non-hydrogen) atoms. The summed E-state index contributed by atoms with van der Waals surface area (Å²) in [6.07, 6.45) is 1.62. The first kappa shape index (κ1) is 10.5. The van der Waals surface area contributed by atoms with Gasteiger partial charge < -0.3 is 0 Å². The summed E-state index contributed by atoms with van der Waals surface area (Å²) in [7, 11) is 0. The van der Waals surface area contributed by atoms with Crippen LogP contribution in [0.2, 0.25) is 0 Å². The van der Waals surface area contributed by atoms with Crippen LogP contribution in [-0.2, 0) is 0 Å². The fourth-order valence-corrected chi connectivity index (χ4v) is 1.94. The molecule has 1 aromatic heterocycles. The summed E-state index contributed by atoms with van der Waals surface area (Å²) >= 11 is 1.62. The molecule has 0 spiro atoms. The molecular weight excluding hydrogens is 192 g/mol. The quantitative estimate of drug-likeness (QED) is 0.691. The second-order valence-corrected chi connectivity index (χ2v) is 4.32. The molecule has 0 fully saturated rings. The lowest BCUT2D eigenvalue weighted by Crippen LogP contribution is -1.77. The van der Waals surface area contributed by atoms with Crippen molar-refractivity contribution in [2.45, 2.75) is 19.8 Å². The molecular formula is C11H10N2S. The van der Waals surface area contributed by atoms with Crippen molar-refractivity contribution in [2.75, 3.05) is 0 Å². The minimum absolute atomic E-state index is 0.155. The lowest BCUT2D eigenvalue weighted by atomic mass is 10.2. The number of nitriles is 2. The van der Waals surface area contributed by atoms with Crippen molar-refractivity contribution in [1.29, 1.82) is 10.5 Å². The lowest BCUT2D eigenvalue weighted by Gasteiger charge is -1.96. The van der Waals surface area contributed by atoms with Crippen molar-refractivity contribution >= 4 is 17.4 Å². The van der Waals surface area contributed by atoms with Crippen LogP contribution in [0.1, 0.15) is 29.5 Å². The molecule has 1 rings (SSSR count). The molecule has 3 heteroatoms. The van der Waals surface area contributed by atoms with Crippen molar-refractivity contribution in [3.63, 3.8) is 0 Å². The van der Waals surface area contributed by atoms with Crippen molar-refractivity contribution in [3.05, 3.63) is 27.5 Å². The molecule has 0 amide bonds. The van der Waals surface area contributed by atoms with E-state index in [0.29, 0.717) is 5.92 Å². The third kappa shape index (κ3) is 2.45. The van der Waals surface area contributed by atoms with E-state index in [1.165, 1.54) is 4.88 Å². The zero-order chi connectivity index (χ0) is 10.6. The van der Waals surface area contributed by atoms with Gasteiger partial charge in [-0.05, 0) is 24.1 Å². The van der Waals surface area contributed by atoms with Crippen LogP contribution in [0.3, 0.4) is 0 Å². The highest BCUT2D eigenvalue weighted by Crippen LogP contribution is 2.25. The Morgan fingerprint density at radius 3 is 2.43 bits per heavy atom. The Bertz CT molecular complexity index is 411. The van der Waals surface area contributed by atoms with Gasteiger partial charge in [-0.3, -0.25) is 0 Å². The SMILES string of the molecule is CC(C)c1ccc(C=C(C#N)C#N)s1. The van der Waals surface area contributed by atoms with Crippen LogP contribution in [-0.4, -0.2) is 0 Å². The maximum absolute atomic E-state index is 8.57. The molecule has 0 bridgehead atoms. The van der Waals surface area contributed by atoms with Gasteiger partial charge in [-0.1, -0.05) is 13.8 Å². The molecule has 0 saturated heterocycles. The van der Waals surface area contributed by atoms with E-state index in [-0.39, 0.29) is 5.57 Å². The molecule has 0 radical (unpaired) electrons. The van der Waals surface area contributed by atoms with E-state index >= 15 is 0 Å². The summed E-state index contributed by atoms with van der Waals surface area (Å²) < 4.78 is 0. The Labute approximate surface area is 87.7 Å². The first-order valence-electron chi connectivity index (χ1n) is 4.29. The Morgan fingerprint density at radius 1 is 1.36 bits per heavy atom. The van der Waals surface area contributed by atoms with Gasteiger partial charge >= 0.3 is 0 Å². The molecule has 0 saturated carbocycles. The monoisotopic (exact) mass is 202 g/mol. The molecule has 0 atom stereocenters. The molecule has 0 N–H and O–H groups in total. The standard InChI is InChI=1S/C11H10N2S/c1-8(2)11-4-3-10(14-11)5-9(6-12)7-13/h3-5,8H,1-2H3. The Hall–Kier alpha value is -1.58. The highest BCUT2D eigenvalue weighted by atomic mass is 32.1. The van der Waals surface area contributed by atoms with Crippen molar-refractivity contribution in [1.82, 2.24) is 0 Å². The smallest absolute Gasteiger partial charge is 0.131 e. The number of hydrogen-bond acceptors (Lipinski definition) is 3. The topological polar surface area (TPSA) is 47.6 Å². The van der Waals surface area contributed by atoms with Crippen LogP contribution in [0.25, 0.3) is 6.08 Å². The predicted molar refractivity (Wildman–Crippen MR) is 57.6 cm³/mol. The van der Waals surface area contributed by atoms with Gasteiger partial charge in [-0.2, -0.15) is 10.5 Å². The zero-order valence-electron chi connectivity index (χ0n) is 8.11. The highest BCUT2D eigenvalue weighted by Gasteiger charge is 2.02. The molecule has 2 nitrogen and oxygen atoms in total. The van der Waals surface area contributed by atoms with Gasteiger partial charge in [-0.15, -0.1) is 11.3 Å². The van der Waals surface area contributed by atoms with Gasteiger partial charge in [0.05, 0.1) is 0 Å². The van der Waals surface area contributed by atoms with Crippen molar-refractivity contribution in [2.24, 2.45) is 0 Å². The normalized spacial score (nSPS) is 9.21. The minimum atomic E-state index is 0.155. The van der Waals surface area contributed by atoms with Crippen LogP contribution in [0.15, 0.2) is 17.7 Å². The van der Waals surface area contributed by atoms with Gasteiger partial charge in [0.25, 0.3) is 0 Å². The molecule has 1 heterocycles. The summed E-state index contributed by atoms with van der Waals surface area (Å²) in [5.41, 5.74) is 0.155. The highest BCUT2D eigenvalue weighted by molar-refractivity contribution is 7.13. The third-order valence-corrected chi connectivity index (χ3v) is 3.08. The van der Waals surface area contributed by atoms with Gasteiger partial charge in [0.2, 0.25) is 0 Å². The molecule has 70 valence electrons. The van der Waals surface area contributed by atoms with Crippen LogP contribution in [0.4, 0.5) is 0 Å². The van der Waals surface area contributed by atoms with E-state index in [4.69, 9.17) is 10.5 Å². The van der Waals surface area contributed by atoms with Gasteiger partial charge in [-0.25, -0.2) is 0 Å². The lowest BCUT2D eigenvalue weighted by molar-refractivity contribution is 0.890. The van der Waals surface area contributed by atoms with E-state index in [9.17, 15) is 0 Å². The fourth-order valence-electron chi connectivity index (χ4n) is 0.988. The molecule has 0 aliphatic heterocycles. The Kier molecular flexibility index (Phi) is 3.45. The molecule has 0 aromatic carbocycles. The minimum Gasteiger partial charge on any atom is -0.192 e. The molecule has 0 aliphatic rings. The zero-order valence-corrected chi connectivity index (χ0v) is 8.93. The van der Waals surface area contributed by atoms with Crippen LogP contribution >= 0.6 is 11.3 Å². The largest absolute Gasteiger partial charge is 0.192 e. The summed E-state index contributed by atoms with van der Waals surface area (Å²) in [4.78, 5) is 2.23. The molecule has 0 unspecified atom stereocenters. The van der Waals surface area contributed by atoms with Gasteiger partial charge in [0.15, 0.2) is 0 Å². The second-order valence-electron chi connectivity index (χ2n) is 3.18. The number of allylic oxidation sites excluding steroid dienone is 1. The van der Waals surface area contributed by atoms with E-state index < -0.39 is 0 Å². The number of thiophene rings is 1. The number of hydrogen-bond donors (Lipinski definition) is 0. The fraction of sp³-hybridized carbons (Fsp3) is 0.273. The number of rotatable bonds is 2. The number of nitrogens with zero attached hydrogens (tertiary/aromatic N) is 2. The second kappa shape index (κ2) is 4.60. The molecule has 1 aromatic rings. The average Bonchev–Trinajstić information content (AvgIpc) is 2.62. The van der Waals surface area contributed by atoms with Crippen LogP contribution in [0.5, 0.6) is 0 Å². The van der Waals surface area contributed by atoms with Crippen molar-refractivity contribution < 1.29 is 0 Å². The maximum atomic E-state index is 8.57. The van der Waals surface area contributed by atoms with E-state index in [0.717, 1.165) is 4.88 Å². The van der Waals surface area contributed by atoms with Gasteiger partial charge in [0, 0.05) is 9.75 Å². The summed E-state index contributed by atoms with van der Waals surface area (Å²) in [6.45, 7) is 4.24. The van der Waals surface area contributed by atoms with Gasteiger partial charge in [0.1, 0.15) is 17.7 Å². The maximum Gasteiger partial charge on any atom is 0.131 e. The van der Waals surface area contributed by atoms with Crippen LogP contribution in [0, 0.1) is 22.7 Å². The average molecular weight is 202 g/mol. The van der Waals surface area contributed by atoms with E-state index in [2.05, 4.69) is 13.8 Å². The third-order valence-electron chi connectivity index (χ3n) is 1.74. The van der Waals surface area contributed by atoms with E-state index in [1.54, 1.807) is 17.4 Å². The first-order valence-corrected chi connectivity index (χ1v) is 5.10. The van der Waals surface area contributed by atoms with Crippen molar-refractivity contribution in [3.8, 4) is 12.1 Å². The Balaban J connectivity index is 2.96. The first-order chi connectivity index (χ1) is 6.67.